The summed E-state index contributed by atoms with van der Waals surface area (Å²) in [5, 5.41) is 5.60. The van der Waals surface area contributed by atoms with E-state index in [2.05, 4.69) is 35.6 Å². The van der Waals surface area contributed by atoms with Crippen molar-refractivity contribution in [2.24, 2.45) is 5.92 Å². The minimum absolute atomic E-state index is 0.634. The minimum Gasteiger partial charge on any atom is -0.319 e. The first-order valence-corrected chi connectivity index (χ1v) is 7.66. The first kappa shape index (κ1) is 11.7. The van der Waals surface area contributed by atoms with Crippen LogP contribution in [0.5, 0.6) is 0 Å². The maximum Gasteiger partial charge on any atom is 0.0334 e. The van der Waals surface area contributed by atoms with Gasteiger partial charge in [-0.15, -0.1) is 11.3 Å². The molecule has 1 aliphatic carbocycles. The highest BCUT2D eigenvalue weighted by molar-refractivity contribution is 7.10. The van der Waals surface area contributed by atoms with E-state index in [1.807, 2.05) is 11.3 Å². The Morgan fingerprint density at radius 3 is 3.06 bits per heavy atom. The molecule has 2 heterocycles. The molecule has 17 heavy (non-hydrogen) atoms. The van der Waals surface area contributed by atoms with E-state index in [9.17, 15) is 0 Å². The molecule has 2 aliphatic rings. The molecule has 3 rings (SSSR count). The number of nitrogens with zero attached hydrogens (tertiary/aromatic N) is 1. The number of hydrogen-bond acceptors (Lipinski definition) is 3. The Bertz CT molecular complexity index is 387. The molecule has 1 fully saturated rings. The van der Waals surface area contributed by atoms with Gasteiger partial charge in [-0.25, -0.2) is 0 Å². The molecular weight excluding hydrogens is 228 g/mol. The molecule has 0 bridgehead atoms. The summed E-state index contributed by atoms with van der Waals surface area (Å²) in [7, 11) is 2.08. The maximum absolute atomic E-state index is 3.34. The van der Waals surface area contributed by atoms with Crippen LogP contribution in [0.4, 0.5) is 0 Å². The van der Waals surface area contributed by atoms with Crippen LogP contribution in [0.3, 0.4) is 0 Å². The number of fused-ring (bicyclic) bond motifs is 1. The van der Waals surface area contributed by atoms with Crippen molar-refractivity contribution >= 4 is 11.3 Å². The lowest BCUT2D eigenvalue weighted by Crippen LogP contribution is -2.52. The maximum atomic E-state index is 3.34. The van der Waals surface area contributed by atoms with Gasteiger partial charge in [-0.05, 0) is 62.7 Å². The highest BCUT2D eigenvalue weighted by Crippen LogP contribution is 2.40. The zero-order chi connectivity index (χ0) is 11.8. The zero-order valence-electron chi connectivity index (χ0n) is 10.8. The summed E-state index contributed by atoms with van der Waals surface area (Å²) in [4.78, 5) is 4.37. The van der Waals surface area contributed by atoms with E-state index in [1.165, 1.54) is 32.4 Å². The van der Waals surface area contributed by atoms with E-state index in [4.69, 9.17) is 0 Å². The van der Waals surface area contributed by atoms with E-state index in [0.717, 1.165) is 12.0 Å². The van der Waals surface area contributed by atoms with E-state index in [-0.39, 0.29) is 0 Å². The topological polar surface area (TPSA) is 15.3 Å². The van der Waals surface area contributed by atoms with Gasteiger partial charge in [-0.3, -0.25) is 4.90 Å². The van der Waals surface area contributed by atoms with E-state index < -0.39 is 0 Å². The second-order valence-electron chi connectivity index (χ2n) is 5.43. The molecule has 0 amide bonds. The van der Waals surface area contributed by atoms with Crippen LogP contribution in [0.1, 0.15) is 36.2 Å². The molecule has 1 aliphatic heterocycles. The molecule has 3 heteroatoms. The second kappa shape index (κ2) is 4.71. The third-order valence-corrected chi connectivity index (χ3v) is 5.59. The Labute approximate surface area is 108 Å². The molecule has 1 aromatic rings. The fourth-order valence-electron chi connectivity index (χ4n) is 3.47. The molecule has 0 radical (unpaired) electrons. The predicted octanol–water partition coefficient (Wildman–Crippen LogP) is 2.67. The van der Waals surface area contributed by atoms with Crippen molar-refractivity contribution in [3.63, 3.8) is 0 Å². The molecule has 0 spiro atoms. The lowest BCUT2D eigenvalue weighted by molar-refractivity contribution is 0.0282. The smallest absolute Gasteiger partial charge is 0.0334 e. The largest absolute Gasteiger partial charge is 0.319 e. The van der Waals surface area contributed by atoms with Gasteiger partial charge in [0, 0.05) is 23.5 Å². The summed E-state index contributed by atoms with van der Waals surface area (Å²) >= 11 is 1.94. The van der Waals surface area contributed by atoms with Crippen LogP contribution in [0.2, 0.25) is 0 Å². The van der Waals surface area contributed by atoms with Crippen molar-refractivity contribution in [3.8, 4) is 0 Å². The fraction of sp³-hybridized carbons (Fsp3) is 0.714. The van der Waals surface area contributed by atoms with E-state index >= 15 is 0 Å². The van der Waals surface area contributed by atoms with Gasteiger partial charge in [0.15, 0.2) is 0 Å². The molecule has 1 saturated carbocycles. The molecule has 1 N–H and O–H groups in total. The summed E-state index contributed by atoms with van der Waals surface area (Å²) in [6.07, 6.45) is 4.07. The van der Waals surface area contributed by atoms with Gasteiger partial charge in [-0.2, -0.15) is 0 Å². The molecule has 3 unspecified atom stereocenters. The van der Waals surface area contributed by atoms with Crippen molar-refractivity contribution in [1.29, 1.82) is 0 Å². The minimum atomic E-state index is 0.634. The molecule has 1 aromatic heterocycles. The first-order chi connectivity index (χ1) is 8.31. The van der Waals surface area contributed by atoms with Gasteiger partial charge in [0.25, 0.3) is 0 Å². The van der Waals surface area contributed by atoms with Gasteiger partial charge in [0.1, 0.15) is 0 Å². The molecule has 0 aromatic carbocycles. The first-order valence-electron chi connectivity index (χ1n) is 6.78. The van der Waals surface area contributed by atoms with E-state index in [1.54, 1.807) is 10.4 Å². The summed E-state index contributed by atoms with van der Waals surface area (Å²) in [5.41, 5.74) is 1.59. The fourth-order valence-corrected chi connectivity index (χ4v) is 4.43. The average molecular weight is 250 g/mol. The van der Waals surface area contributed by atoms with Crippen molar-refractivity contribution in [3.05, 3.63) is 21.9 Å². The number of nitrogens with one attached hydrogen (secondary N) is 1. The van der Waals surface area contributed by atoms with Gasteiger partial charge >= 0.3 is 0 Å². The number of thiophene rings is 1. The Hall–Kier alpha value is -0.380. The third kappa shape index (κ3) is 1.94. The molecule has 2 nitrogen and oxygen atoms in total. The Morgan fingerprint density at radius 2 is 2.35 bits per heavy atom. The van der Waals surface area contributed by atoms with Gasteiger partial charge in [0.2, 0.25) is 0 Å². The van der Waals surface area contributed by atoms with Crippen molar-refractivity contribution in [1.82, 2.24) is 10.2 Å². The second-order valence-corrected chi connectivity index (χ2v) is 6.43. The summed E-state index contributed by atoms with van der Waals surface area (Å²) in [5.74, 6) is 0.877. The van der Waals surface area contributed by atoms with Crippen molar-refractivity contribution < 1.29 is 0 Å². The number of rotatable bonds is 3. The lowest BCUT2D eigenvalue weighted by Gasteiger charge is -2.48. The Balaban J connectivity index is 1.73. The molecule has 0 saturated heterocycles. The van der Waals surface area contributed by atoms with Gasteiger partial charge in [0.05, 0.1) is 0 Å². The van der Waals surface area contributed by atoms with Crippen LogP contribution in [0.25, 0.3) is 0 Å². The average Bonchev–Trinajstić information content (AvgIpc) is 2.77. The van der Waals surface area contributed by atoms with Gasteiger partial charge < -0.3 is 5.32 Å². The molecule has 3 atom stereocenters. The lowest BCUT2D eigenvalue weighted by atomic mass is 9.77. The predicted molar refractivity (Wildman–Crippen MR) is 73.6 cm³/mol. The normalized spacial score (nSPS) is 33.2. The standard InChI is InChI=1S/C14H22N2S/c1-10-12-6-8-17-14(12)5-7-16(10)13-4-3-11(13)9-15-2/h6,8,10-11,13,15H,3-5,7,9H2,1-2H3. The monoisotopic (exact) mass is 250 g/mol. The quantitative estimate of drug-likeness (QED) is 0.887. The van der Waals surface area contributed by atoms with Crippen LogP contribution in [0.15, 0.2) is 11.4 Å². The summed E-state index contributed by atoms with van der Waals surface area (Å²) in [6, 6.07) is 3.79. The van der Waals surface area contributed by atoms with Crippen LogP contribution < -0.4 is 5.32 Å². The van der Waals surface area contributed by atoms with E-state index in [0.29, 0.717) is 6.04 Å². The van der Waals surface area contributed by atoms with Gasteiger partial charge in [-0.1, -0.05) is 0 Å². The zero-order valence-corrected chi connectivity index (χ0v) is 11.6. The summed E-state index contributed by atoms with van der Waals surface area (Å²) in [6.45, 7) is 4.84. The Kier molecular flexibility index (Phi) is 3.24. The van der Waals surface area contributed by atoms with Crippen LogP contribution in [-0.2, 0) is 6.42 Å². The summed E-state index contributed by atoms with van der Waals surface area (Å²) < 4.78 is 0. The van der Waals surface area contributed by atoms with Crippen LogP contribution in [-0.4, -0.2) is 31.1 Å². The highest BCUT2D eigenvalue weighted by Gasteiger charge is 2.39. The molecular formula is C14H22N2S. The van der Waals surface area contributed by atoms with Crippen LogP contribution in [0, 0.1) is 5.92 Å². The van der Waals surface area contributed by atoms with Crippen molar-refractivity contribution in [2.75, 3.05) is 20.1 Å². The third-order valence-electron chi connectivity index (χ3n) is 4.59. The molecule has 94 valence electrons. The SMILES string of the molecule is CNCC1CCC1N1CCc2sccc2C1C. The van der Waals surface area contributed by atoms with Crippen LogP contribution >= 0.6 is 11.3 Å². The highest BCUT2D eigenvalue weighted by atomic mass is 32.1. The Morgan fingerprint density at radius 1 is 1.47 bits per heavy atom. The van der Waals surface area contributed by atoms with Crippen molar-refractivity contribution in [2.45, 2.75) is 38.3 Å². The number of hydrogen-bond donors (Lipinski definition) is 1.